The second-order valence-electron chi connectivity index (χ2n) is 6.48. The first-order valence-corrected chi connectivity index (χ1v) is 9.62. The average Bonchev–Trinajstić information content (AvgIpc) is 2.62. The number of halogens is 1. The van der Waals surface area contributed by atoms with Gasteiger partial charge in [0.1, 0.15) is 5.82 Å². The molecule has 0 saturated carbocycles. The van der Waals surface area contributed by atoms with E-state index in [0.29, 0.717) is 4.90 Å². The molecular weight excluding hydrogens is 335 g/mol. The summed E-state index contributed by atoms with van der Waals surface area (Å²) in [5.74, 6) is 0.572. The lowest BCUT2D eigenvalue weighted by atomic mass is 9.99. The lowest BCUT2D eigenvalue weighted by molar-refractivity contribution is -0.113. The van der Waals surface area contributed by atoms with E-state index in [1.165, 1.54) is 36.4 Å². The normalized spacial score (nSPS) is 15.2. The number of thioether (sulfide) groups is 1. The molecule has 2 aromatic carbocycles. The van der Waals surface area contributed by atoms with Crippen molar-refractivity contribution in [2.75, 3.05) is 29.1 Å². The minimum atomic E-state index is -0.291. The van der Waals surface area contributed by atoms with Crippen LogP contribution in [0.25, 0.3) is 0 Å². The molecule has 1 heterocycles. The summed E-state index contributed by atoms with van der Waals surface area (Å²) in [5, 5.41) is 2.87. The van der Waals surface area contributed by atoms with Crippen LogP contribution in [-0.2, 0) is 4.79 Å². The number of carbonyl (C=O) groups is 1. The van der Waals surface area contributed by atoms with Crippen LogP contribution >= 0.6 is 11.8 Å². The Morgan fingerprint density at radius 2 is 1.84 bits per heavy atom. The molecule has 1 amide bonds. The van der Waals surface area contributed by atoms with Crippen molar-refractivity contribution in [3.8, 4) is 0 Å². The first kappa shape index (κ1) is 17.8. The Kier molecular flexibility index (Phi) is 5.97. The van der Waals surface area contributed by atoms with Crippen molar-refractivity contribution >= 4 is 29.0 Å². The van der Waals surface area contributed by atoms with E-state index >= 15 is 0 Å². The first-order valence-electron chi connectivity index (χ1n) is 8.64. The number of nitrogens with zero attached hydrogens (tertiary/aromatic N) is 1. The number of anilines is 2. The fourth-order valence-corrected chi connectivity index (χ4v) is 3.66. The maximum atomic E-state index is 13.6. The van der Waals surface area contributed by atoms with Gasteiger partial charge in [-0.1, -0.05) is 19.1 Å². The van der Waals surface area contributed by atoms with Gasteiger partial charge in [0.2, 0.25) is 5.91 Å². The summed E-state index contributed by atoms with van der Waals surface area (Å²) >= 11 is 1.21. The van der Waals surface area contributed by atoms with Gasteiger partial charge in [0.15, 0.2) is 0 Å². The van der Waals surface area contributed by atoms with Gasteiger partial charge >= 0.3 is 0 Å². The molecule has 2 aromatic rings. The molecule has 0 spiro atoms. The monoisotopic (exact) mass is 358 g/mol. The molecule has 0 unspecified atom stereocenters. The van der Waals surface area contributed by atoms with Gasteiger partial charge in [0.05, 0.1) is 5.75 Å². The molecule has 3 rings (SSSR count). The minimum absolute atomic E-state index is 0.132. The molecule has 3 nitrogen and oxygen atoms in total. The number of hydrogen-bond acceptors (Lipinski definition) is 3. The van der Waals surface area contributed by atoms with Crippen LogP contribution in [-0.4, -0.2) is 24.7 Å². The zero-order valence-electron chi connectivity index (χ0n) is 14.4. The molecule has 0 aromatic heterocycles. The molecule has 5 heteroatoms. The number of rotatable bonds is 5. The molecule has 1 fully saturated rings. The summed E-state index contributed by atoms with van der Waals surface area (Å²) < 4.78 is 13.6. The maximum Gasteiger partial charge on any atom is 0.234 e. The van der Waals surface area contributed by atoms with Crippen LogP contribution in [0.5, 0.6) is 0 Å². The Bertz CT molecular complexity index is 712. The van der Waals surface area contributed by atoms with Crippen LogP contribution in [0.2, 0.25) is 0 Å². The van der Waals surface area contributed by atoms with Gasteiger partial charge in [-0.3, -0.25) is 4.79 Å². The van der Waals surface area contributed by atoms with E-state index in [1.54, 1.807) is 18.2 Å². The lowest BCUT2D eigenvalue weighted by Crippen LogP contribution is -2.32. The van der Waals surface area contributed by atoms with Crippen LogP contribution < -0.4 is 10.2 Å². The molecule has 1 aliphatic rings. The standard InChI is InChI=1S/C20H23FN2OS/c1-15-10-12-23(13-11-15)17-8-6-16(7-9-17)22-20(24)14-25-19-5-3-2-4-18(19)21/h2-9,15H,10-14H2,1H3,(H,22,24). The van der Waals surface area contributed by atoms with Gasteiger partial charge in [0.25, 0.3) is 0 Å². The third kappa shape index (κ3) is 4.98. The topological polar surface area (TPSA) is 32.3 Å². The molecule has 1 aliphatic heterocycles. The van der Waals surface area contributed by atoms with Gasteiger partial charge in [-0.05, 0) is 55.2 Å². The van der Waals surface area contributed by atoms with E-state index in [1.807, 2.05) is 12.1 Å². The van der Waals surface area contributed by atoms with E-state index < -0.39 is 0 Å². The first-order chi connectivity index (χ1) is 12.1. The van der Waals surface area contributed by atoms with Crippen LogP contribution in [0.3, 0.4) is 0 Å². The number of amides is 1. The van der Waals surface area contributed by atoms with Crippen LogP contribution in [0.15, 0.2) is 53.4 Å². The molecule has 25 heavy (non-hydrogen) atoms. The summed E-state index contributed by atoms with van der Waals surface area (Å²) in [7, 11) is 0. The second-order valence-corrected chi connectivity index (χ2v) is 7.50. The minimum Gasteiger partial charge on any atom is -0.372 e. The number of hydrogen-bond donors (Lipinski definition) is 1. The largest absolute Gasteiger partial charge is 0.372 e. The Morgan fingerprint density at radius 3 is 2.52 bits per heavy atom. The highest BCUT2D eigenvalue weighted by molar-refractivity contribution is 8.00. The Hall–Kier alpha value is -2.01. The third-order valence-corrected chi connectivity index (χ3v) is 5.54. The summed E-state index contributed by atoms with van der Waals surface area (Å²) in [6.45, 7) is 4.48. The summed E-state index contributed by atoms with van der Waals surface area (Å²) in [4.78, 5) is 14.9. The molecular formula is C20H23FN2OS. The smallest absolute Gasteiger partial charge is 0.234 e. The molecule has 0 aliphatic carbocycles. The van der Waals surface area contributed by atoms with Gasteiger partial charge in [-0.25, -0.2) is 4.39 Å². The average molecular weight is 358 g/mol. The number of carbonyl (C=O) groups excluding carboxylic acids is 1. The number of benzene rings is 2. The van der Waals surface area contributed by atoms with Crippen molar-refractivity contribution in [1.29, 1.82) is 0 Å². The van der Waals surface area contributed by atoms with Crippen LogP contribution in [0.4, 0.5) is 15.8 Å². The molecule has 1 saturated heterocycles. The molecule has 1 N–H and O–H groups in total. The highest BCUT2D eigenvalue weighted by Crippen LogP contribution is 2.25. The zero-order chi connectivity index (χ0) is 17.6. The van der Waals surface area contributed by atoms with Crippen molar-refractivity contribution in [1.82, 2.24) is 0 Å². The van der Waals surface area contributed by atoms with Crippen molar-refractivity contribution in [3.63, 3.8) is 0 Å². The number of piperidine rings is 1. The molecule has 0 bridgehead atoms. The Morgan fingerprint density at radius 1 is 1.16 bits per heavy atom. The Labute approximate surface area is 152 Å². The van der Waals surface area contributed by atoms with Gasteiger partial charge in [-0.2, -0.15) is 0 Å². The third-order valence-electron chi connectivity index (χ3n) is 4.50. The maximum absolute atomic E-state index is 13.6. The van der Waals surface area contributed by atoms with E-state index in [9.17, 15) is 9.18 Å². The van der Waals surface area contributed by atoms with E-state index in [2.05, 4.69) is 29.3 Å². The van der Waals surface area contributed by atoms with Gasteiger partial charge < -0.3 is 10.2 Å². The second kappa shape index (κ2) is 8.39. The van der Waals surface area contributed by atoms with E-state index in [0.717, 1.165) is 24.7 Å². The van der Waals surface area contributed by atoms with Crippen LogP contribution in [0.1, 0.15) is 19.8 Å². The zero-order valence-corrected chi connectivity index (χ0v) is 15.2. The summed E-state index contributed by atoms with van der Waals surface area (Å²) in [5.41, 5.74) is 1.97. The fourth-order valence-electron chi connectivity index (χ4n) is 2.92. The van der Waals surface area contributed by atoms with Crippen molar-refractivity contribution in [2.45, 2.75) is 24.7 Å². The molecule has 0 atom stereocenters. The lowest BCUT2D eigenvalue weighted by Gasteiger charge is -2.32. The van der Waals surface area contributed by atoms with Crippen LogP contribution in [0, 0.1) is 11.7 Å². The highest BCUT2D eigenvalue weighted by Gasteiger charge is 2.16. The molecule has 132 valence electrons. The van der Waals surface area contributed by atoms with Crippen molar-refractivity contribution < 1.29 is 9.18 Å². The summed E-state index contributed by atoms with van der Waals surface area (Å²) in [6.07, 6.45) is 2.46. The fraction of sp³-hybridized carbons (Fsp3) is 0.350. The highest BCUT2D eigenvalue weighted by atomic mass is 32.2. The number of nitrogens with one attached hydrogen (secondary N) is 1. The van der Waals surface area contributed by atoms with Gasteiger partial charge in [0, 0.05) is 29.4 Å². The van der Waals surface area contributed by atoms with Crippen molar-refractivity contribution in [3.05, 3.63) is 54.3 Å². The predicted molar refractivity (Wildman–Crippen MR) is 103 cm³/mol. The summed E-state index contributed by atoms with van der Waals surface area (Å²) in [6, 6.07) is 14.5. The van der Waals surface area contributed by atoms with Crippen molar-refractivity contribution in [2.24, 2.45) is 5.92 Å². The SMILES string of the molecule is CC1CCN(c2ccc(NC(=O)CSc3ccccc3F)cc2)CC1. The molecule has 0 radical (unpaired) electrons. The Balaban J connectivity index is 1.51. The van der Waals surface area contributed by atoms with E-state index in [-0.39, 0.29) is 17.5 Å². The predicted octanol–water partition coefficient (Wildman–Crippen LogP) is 4.79. The quantitative estimate of drug-likeness (QED) is 0.780. The van der Waals surface area contributed by atoms with E-state index in [4.69, 9.17) is 0 Å². The van der Waals surface area contributed by atoms with Gasteiger partial charge in [-0.15, -0.1) is 11.8 Å².